The zero-order valence-electron chi connectivity index (χ0n) is 23.7. The van der Waals surface area contributed by atoms with Gasteiger partial charge >= 0.3 is 0 Å². The molecule has 0 saturated carbocycles. The number of nitrogens with zero attached hydrogens (tertiary/aromatic N) is 4. The van der Waals surface area contributed by atoms with Gasteiger partial charge in [-0.3, -0.25) is 24.0 Å². The number of carbonyl (C=O) groups is 5. The van der Waals surface area contributed by atoms with Gasteiger partial charge in [-0.15, -0.1) is 0 Å². The second kappa shape index (κ2) is 11.8. The Bertz CT molecular complexity index is 1120. The first kappa shape index (κ1) is 28.6. The van der Waals surface area contributed by atoms with Crippen LogP contribution in [-0.4, -0.2) is 102 Å². The summed E-state index contributed by atoms with van der Waals surface area (Å²) in [6, 6.07) is 4.69. The van der Waals surface area contributed by atoms with Crippen molar-refractivity contribution in [3.63, 3.8) is 0 Å². The molecule has 3 fully saturated rings. The minimum atomic E-state index is -0.783. The van der Waals surface area contributed by atoms with Crippen LogP contribution >= 0.6 is 0 Å². The molecule has 4 unspecified atom stereocenters. The average Bonchev–Trinajstić information content (AvgIpc) is 3.48. The van der Waals surface area contributed by atoms with Crippen molar-refractivity contribution in [2.45, 2.75) is 77.0 Å². The summed E-state index contributed by atoms with van der Waals surface area (Å²) in [6.45, 7) is 6.26. The molecule has 3 saturated heterocycles. The number of rotatable bonds is 7. The number of nitrogens with one attached hydrogen (secondary N) is 1. The third-order valence-electron chi connectivity index (χ3n) is 8.14. The van der Waals surface area contributed by atoms with Gasteiger partial charge in [0.25, 0.3) is 5.91 Å². The van der Waals surface area contributed by atoms with E-state index in [0.717, 1.165) is 18.5 Å². The summed E-state index contributed by atoms with van der Waals surface area (Å²) < 4.78 is 0. The third-order valence-corrected chi connectivity index (χ3v) is 8.14. The van der Waals surface area contributed by atoms with Gasteiger partial charge in [0.2, 0.25) is 17.7 Å². The zero-order chi connectivity index (χ0) is 28.4. The molecule has 0 aromatic heterocycles. The summed E-state index contributed by atoms with van der Waals surface area (Å²) in [5.74, 6) is -1.00. The number of anilines is 1. The summed E-state index contributed by atoms with van der Waals surface area (Å²) in [7, 11) is 3.84. The summed E-state index contributed by atoms with van der Waals surface area (Å²) >= 11 is 0. The van der Waals surface area contributed by atoms with Crippen molar-refractivity contribution < 1.29 is 24.0 Å². The van der Waals surface area contributed by atoms with Gasteiger partial charge < -0.3 is 24.9 Å². The SMILES string of the molecule is CC(=O)N1CCCCC1C(=O)N1CC(=O)C2C1CCN2C(=O)C(CC(C)C)NC(=O)c1ccc(N(C)C)cc1. The normalized spacial score (nSPS) is 23.6. The van der Waals surface area contributed by atoms with Gasteiger partial charge in [-0.05, 0) is 62.3 Å². The van der Waals surface area contributed by atoms with Crippen LogP contribution in [0.5, 0.6) is 0 Å². The van der Waals surface area contributed by atoms with E-state index in [2.05, 4.69) is 5.32 Å². The number of ketones is 1. The maximum Gasteiger partial charge on any atom is 0.251 e. The Labute approximate surface area is 230 Å². The highest BCUT2D eigenvalue weighted by molar-refractivity contribution is 6.01. The van der Waals surface area contributed by atoms with E-state index in [9.17, 15) is 24.0 Å². The number of hydrogen-bond donors (Lipinski definition) is 1. The van der Waals surface area contributed by atoms with Gasteiger partial charge in [0, 0.05) is 45.4 Å². The Kier molecular flexibility index (Phi) is 8.61. The summed E-state index contributed by atoms with van der Waals surface area (Å²) in [5, 5.41) is 2.91. The highest BCUT2D eigenvalue weighted by Crippen LogP contribution is 2.33. The van der Waals surface area contributed by atoms with Crippen LogP contribution in [-0.2, 0) is 19.2 Å². The van der Waals surface area contributed by atoms with Crippen LogP contribution in [0.15, 0.2) is 24.3 Å². The lowest BCUT2D eigenvalue weighted by Crippen LogP contribution is -2.54. The fourth-order valence-electron chi connectivity index (χ4n) is 6.16. The molecule has 0 aliphatic carbocycles. The molecule has 3 aliphatic heterocycles. The molecular formula is C29H41N5O5. The first-order valence-electron chi connectivity index (χ1n) is 14.0. The van der Waals surface area contributed by atoms with E-state index in [1.54, 1.807) is 26.8 Å². The zero-order valence-corrected chi connectivity index (χ0v) is 23.7. The lowest BCUT2D eigenvalue weighted by atomic mass is 10.00. The van der Waals surface area contributed by atoms with Gasteiger partial charge in [0.1, 0.15) is 18.1 Å². The van der Waals surface area contributed by atoms with Crippen molar-refractivity contribution in [3.05, 3.63) is 29.8 Å². The molecule has 1 aromatic rings. The molecule has 4 rings (SSSR count). The molecule has 3 aliphatic rings. The van der Waals surface area contributed by atoms with Crippen LogP contribution < -0.4 is 10.2 Å². The van der Waals surface area contributed by atoms with E-state index in [1.165, 1.54) is 6.92 Å². The van der Waals surface area contributed by atoms with Gasteiger partial charge in [-0.25, -0.2) is 0 Å². The minimum absolute atomic E-state index is 0.0559. The Hall–Kier alpha value is -3.43. The van der Waals surface area contributed by atoms with Crippen molar-refractivity contribution in [2.24, 2.45) is 5.92 Å². The first-order valence-corrected chi connectivity index (χ1v) is 14.0. The number of amides is 4. The van der Waals surface area contributed by atoms with Crippen LogP contribution in [0.4, 0.5) is 5.69 Å². The maximum absolute atomic E-state index is 13.8. The van der Waals surface area contributed by atoms with Crippen molar-refractivity contribution in [2.75, 3.05) is 38.6 Å². The Morgan fingerprint density at radius 1 is 0.974 bits per heavy atom. The highest BCUT2D eigenvalue weighted by Gasteiger charge is 2.53. The van der Waals surface area contributed by atoms with Crippen LogP contribution in [0.2, 0.25) is 0 Å². The molecule has 10 heteroatoms. The number of hydrogen-bond acceptors (Lipinski definition) is 6. The average molecular weight is 540 g/mol. The number of carbonyl (C=O) groups excluding carboxylic acids is 5. The topological polar surface area (TPSA) is 110 Å². The molecule has 4 atom stereocenters. The quantitative estimate of drug-likeness (QED) is 0.565. The smallest absolute Gasteiger partial charge is 0.251 e. The predicted octanol–water partition coefficient (Wildman–Crippen LogP) is 1.68. The van der Waals surface area contributed by atoms with Crippen LogP contribution in [0.1, 0.15) is 63.2 Å². The van der Waals surface area contributed by atoms with Crippen molar-refractivity contribution in [1.29, 1.82) is 0 Å². The second-order valence-electron chi connectivity index (χ2n) is 11.6. The molecule has 0 radical (unpaired) electrons. The lowest BCUT2D eigenvalue weighted by molar-refractivity contribution is -0.147. The number of piperidine rings is 1. The van der Waals surface area contributed by atoms with Crippen LogP contribution in [0.25, 0.3) is 0 Å². The molecule has 1 N–H and O–H groups in total. The van der Waals surface area contributed by atoms with Gasteiger partial charge in [0.05, 0.1) is 12.6 Å². The second-order valence-corrected chi connectivity index (χ2v) is 11.6. The summed E-state index contributed by atoms with van der Waals surface area (Å²) in [6.07, 6.45) is 3.23. The molecule has 212 valence electrons. The van der Waals surface area contributed by atoms with Crippen molar-refractivity contribution in [1.82, 2.24) is 20.0 Å². The highest BCUT2D eigenvalue weighted by atomic mass is 16.2. The molecule has 1 aromatic carbocycles. The van der Waals surface area contributed by atoms with E-state index >= 15 is 0 Å². The van der Waals surface area contributed by atoms with Crippen molar-refractivity contribution >= 4 is 35.1 Å². The first-order chi connectivity index (χ1) is 18.5. The van der Waals surface area contributed by atoms with Gasteiger partial charge in [-0.1, -0.05) is 13.8 Å². The van der Waals surface area contributed by atoms with Crippen LogP contribution in [0, 0.1) is 5.92 Å². The molecule has 4 amide bonds. The number of likely N-dealkylation sites (tertiary alicyclic amines) is 3. The largest absolute Gasteiger partial charge is 0.378 e. The molecular weight excluding hydrogens is 498 g/mol. The molecule has 0 bridgehead atoms. The Morgan fingerprint density at radius 2 is 1.67 bits per heavy atom. The van der Waals surface area contributed by atoms with Crippen molar-refractivity contribution in [3.8, 4) is 0 Å². The van der Waals surface area contributed by atoms with E-state index < -0.39 is 24.2 Å². The Balaban J connectivity index is 1.48. The fraction of sp³-hybridized carbons (Fsp3) is 0.621. The third kappa shape index (κ3) is 5.94. The number of fused-ring (bicyclic) bond motifs is 1. The lowest BCUT2D eigenvalue weighted by Gasteiger charge is -2.37. The van der Waals surface area contributed by atoms with E-state index in [0.29, 0.717) is 37.9 Å². The monoisotopic (exact) mass is 539 g/mol. The summed E-state index contributed by atoms with van der Waals surface area (Å²) in [4.78, 5) is 72.5. The molecule has 3 heterocycles. The Morgan fingerprint density at radius 3 is 2.28 bits per heavy atom. The molecule has 39 heavy (non-hydrogen) atoms. The number of benzene rings is 1. The van der Waals surface area contributed by atoms with E-state index in [4.69, 9.17) is 0 Å². The molecule has 0 spiro atoms. The van der Waals surface area contributed by atoms with E-state index in [-0.39, 0.29) is 41.9 Å². The standard InChI is InChI=1S/C29H41N5O5/c1-18(2)16-22(30-27(37)20-9-11-21(12-10-20)31(4)5)28(38)33-15-13-23-26(33)25(36)17-34(23)29(39)24-8-6-7-14-32(24)19(3)35/h9-12,18,22-24,26H,6-8,13-17H2,1-5H3,(H,30,37). The van der Waals surface area contributed by atoms with Gasteiger partial charge in [0.15, 0.2) is 5.78 Å². The maximum atomic E-state index is 13.8. The van der Waals surface area contributed by atoms with E-state index in [1.807, 2.05) is 45.0 Å². The molecule has 10 nitrogen and oxygen atoms in total. The van der Waals surface area contributed by atoms with Crippen LogP contribution in [0.3, 0.4) is 0 Å². The van der Waals surface area contributed by atoms with Gasteiger partial charge in [-0.2, -0.15) is 0 Å². The minimum Gasteiger partial charge on any atom is -0.378 e. The fourth-order valence-corrected chi connectivity index (χ4v) is 6.16. The number of Topliss-reactive ketones (excluding diaryl/α,β-unsaturated/α-hetero) is 1. The predicted molar refractivity (Wildman–Crippen MR) is 147 cm³/mol. The summed E-state index contributed by atoms with van der Waals surface area (Å²) in [5.41, 5.74) is 1.42.